The molecule has 2 rings (SSSR count). The van der Waals surface area contributed by atoms with Crippen LogP contribution in [0.2, 0.25) is 0 Å². The lowest BCUT2D eigenvalue weighted by atomic mass is 10.2. The fraction of sp³-hybridized carbons (Fsp3) is 0.273. The number of nitrogens with zero attached hydrogens (tertiary/aromatic N) is 2. The summed E-state index contributed by atoms with van der Waals surface area (Å²) in [7, 11) is 1.68. The predicted molar refractivity (Wildman–Crippen MR) is 67.2 cm³/mol. The summed E-state index contributed by atoms with van der Waals surface area (Å²) in [6.07, 6.45) is 0. The van der Waals surface area contributed by atoms with Crippen LogP contribution < -0.4 is 4.74 Å². The molecular formula is C11H12N2OS2. The molecule has 0 saturated carbocycles. The maximum absolute atomic E-state index is 5.18. The van der Waals surface area contributed by atoms with Gasteiger partial charge in [0, 0.05) is 5.75 Å². The molecule has 0 amide bonds. The van der Waals surface area contributed by atoms with Gasteiger partial charge in [-0.1, -0.05) is 35.2 Å². The van der Waals surface area contributed by atoms with Crippen LogP contribution >= 0.6 is 23.1 Å². The molecule has 0 N–H and O–H groups in total. The first kappa shape index (κ1) is 11.4. The number of rotatable bonds is 4. The van der Waals surface area contributed by atoms with Crippen molar-refractivity contribution in [1.29, 1.82) is 0 Å². The third kappa shape index (κ3) is 2.96. The van der Waals surface area contributed by atoms with Crippen LogP contribution in [0.15, 0.2) is 28.6 Å². The van der Waals surface area contributed by atoms with Gasteiger partial charge < -0.3 is 4.74 Å². The van der Waals surface area contributed by atoms with E-state index in [9.17, 15) is 0 Å². The van der Waals surface area contributed by atoms with Crippen LogP contribution in [0.1, 0.15) is 10.6 Å². The van der Waals surface area contributed by atoms with E-state index in [0.29, 0.717) is 0 Å². The summed E-state index contributed by atoms with van der Waals surface area (Å²) in [5.74, 6) is 1.79. The quantitative estimate of drug-likeness (QED) is 0.783. The average molecular weight is 252 g/mol. The standard InChI is InChI=1S/C11H12N2OS2/c1-8-12-13-11(16-8)15-7-9-4-3-5-10(6-9)14-2/h3-6H,7H2,1-2H3. The predicted octanol–water partition coefficient (Wildman–Crippen LogP) is 3.15. The molecule has 2 aromatic rings. The van der Waals surface area contributed by atoms with Crippen LogP contribution in [-0.4, -0.2) is 17.3 Å². The number of hydrogen-bond acceptors (Lipinski definition) is 5. The van der Waals surface area contributed by atoms with Gasteiger partial charge in [0.05, 0.1) is 7.11 Å². The second-order valence-electron chi connectivity index (χ2n) is 3.23. The van der Waals surface area contributed by atoms with Crippen molar-refractivity contribution < 1.29 is 4.74 Å². The van der Waals surface area contributed by atoms with Crippen molar-refractivity contribution in [3.05, 3.63) is 34.8 Å². The van der Waals surface area contributed by atoms with E-state index in [1.807, 2.05) is 25.1 Å². The molecule has 1 heterocycles. The number of thioether (sulfide) groups is 1. The molecule has 0 atom stereocenters. The van der Waals surface area contributed by atoms with E-state index in [-0.39, 0.29) is 0 Å². The molecule has 1 aromatic heterocycles. The van der Waals surface area contributed by atoms with Gasteiger partial charge in [0.25, 0.3) is 0 Å². The van der Waals surface area contributed by atoms with Gasteiger partial charge >= 0.3 is 0 Å². The number of aryl methyl sites for hydroxylation is 1. The Bertz CT molecular complexity index is 471. The van der Waals surface area contributed by atoms with E-state index >= 15 is 0 Å². The minimum absolute atomic E-state index is 0.895. The lowest BCUT2D eigenvalue weighted by Crippen LogP contribution is -1.85. The van der Waals surface area contributed by atoms with E-state index in [1.54, 1.807) is 30.2 Å². The smallest absolute Gasteiger partial charge is 0.174 e. The van der Waals surface area contributed by atoms with Crippen LogP contribution in [0.5, 0.6) is 5.75 Å². The molecule has 0 aliphatic heterocycles. The molecule has 0 fully saturated rings. The summed E-state index contributed by atoms with van der Waals surface area (Å²) in [4.78, 5) is 0. The molecule has 0 bridgehead atoms. The average Bonchev–Trinajstić information content (AvgIpc) is 2.73. The van der Waals surface area contributed by atoms with Gasteiger partial charge in [-0.15, -0.1) is 10.2 Å². The van der Waals surface area contributed by atoms with Crippen LogP contribution in [0.3, 0.4) is 0 Å². The first-order valence-electron chi connectivity index (χ1n) is 4.84. The molecule has 84 valence electrons. The summed E-state index contributed by atoms with van der Waals surface area (Å²) in [6, 6.07) is 8.08. The van der Waals surface area contributed by atoms with Crippen molar-refractivity contribution in [2.75, 3.05) is 7.11 Å². The number of methoxy groups -OCH3 is 1. The monoisotopic (exact) mass is 252 g/mol. The highest BCUT2D eigenvalue weighted by Gasteiger charge is 2.02. The van der Waals surface area contributed by atoms with Gasteiger partial charge in [0.2, 0.25) is 0 Å². The van der Waals surface area contributed by atoms with Crippen molar-refractivity contribution in [1.82, 2.24) is 10.2 Å². The minimum Gasteiger partial charge on any atom is -0.497 e. The number of benzene rings is 1. The molecule has 5 heteroatoms. The van der Waals surface area contributed by atoms with Crippen molar-refractivity contribution in [2.45, 2.75) is 17.0 Å². The number of hydrogen-bond donors (Lipinski definition) is 0. The molecule has 0 unspecified atom stereocenters. The first-order chi connectivity index (χ1) is 7.78. The van der Waals surface area contributed by atoms with Gasteiger partial charge in [-0.3, -0.25) is 0 Å². The van der Waals surface area contributed by atoms with Crippen molar-refractivity contribution in [3.8, 4) is 5.75 Å². The fourth-order valence-electron chi connectivity index (χ4n) is 1.24. The topological polar surface area (TPSA) is 35.0 Å². The Morgan fingerprint density at radius 3 is 2.94 bits per heavy atom. The Hall–Kier alpha value is -1.07. The maximum Gasteiger partial charge on any atom is 0.174 e. The summed E-state index contributed by atoms with van der Waals surface area (Å²) >= 11 is 3.33. The van der Waals surface area contributed by atoms with Gasteiger partial charge in [0.15, 0.2) is 4.34 Å². The largest absolute Gasteiger partial charge is 0.497 e. The zero-order chi connectivity index (χ0) is 11.4. The lowest BCUT2D eigenvalue weighted by Gasteiger charge is -2.02. The third-order valence-electron chi connectivity index (χ3n) is 2.00. The van der Waals surface area contributed by atoms with Crippen molar-refractivity contribution >= 4 is 23.1 Å². The minimum atomic E-state index is 0.895. The zero-order valence-electron chi connectivity index (χ0n) is 9.14. The summed E-state index contributed by atoms with van der Waals surface area (Å²) in [5.41, 5.74) is 1.23. The van der Waals surface area contributed by atoms with Crippen molar-refractivity contribution in [2.24, 2.45) is 0 Å². The summed E-state index contributed by atoms with van der Waals surface area (Å²) in [5, 5.41) is 9.07. The summed E-state index contributed by atoms with van der Waals surface area (Å²) < 4.78 is 6.19. The first-order valence-corrected chi connectivity index (χ1v) is 6.64. The molecule has 0 aliphatic rings. The highest BCUT2D eigenvalue weighted by atomic mass is 32.2. The summed E-state index contributed by atoms with van der Waals surface area (Å²) in [6.45, 7) is 1.97. The Morgan fingerprint density at radius 1 is 1.38 bits per heavy atom. The number of aromatic nitrogens is 2. The molecule has 3 nitrogen and oxygen atoms in total. The Balaban J connectivity index is 1.99. The normalized spacial score (nSPS) is 10.4. The molecule has 16 heavy (non-hydrogen) atoms. The van der Waals surface area contributed by atoms with Crippen molar-refractivity contribution in [3.63, 3.8) is 0 Å². The van der Waals surface area contributed by atoms with Gasteiger partial charge in [-0.05, 0) is 24.6 Å². The van der Waals surface area contributed by atoms with Crippen LogP contribution in [-0.2, 0) is 5.75 Å². The molecule has 0 spiro atoms. The van der Waals surface area contributed by atoms with E-state index in [2.05, 4.69) is 16.3 Å². The van der Waals surface area contributed by atoms with E-state index in [4.69, 9.17) is 4.74 Å². The Labute approximate surface area is 103 Å². The van der Waals surface area contributed by atoms with Crippen LogP contribution in [0, 0.1) is 6.92 Å². The second-order valence-corrected chi connectivity index (χ2v) is 5.63. The van der Waals surface area contributed by atoms with Crippen LogP contribution in [0.25, 0.3) is 0 Å². The molecule has 0 saturated heterocycles. The molecular weight excluding hydrogens is 240 g/mol. The highest BCUT2D eigenvalue weighted by Crippen LogP contribution is 2.26. The van der Waals surface area contributed by atoms with E-state index in [0.717, 1.165) is 20.8 Å². The SMILES string of the molecule is COc1cccc(CSc2nnc(C)s2)c1. The maximum atomic E-state index is 5.18. The zero-order valence-corrected chi connectivity index (χ0v) is 10.8. The molecule has 0 radical (unpaired) electrons. The van der Waals surface area contributed by atoms with Gasteiger partial charge in [-0.2, -0.15) is 0 Å². The molecule has 0 aliphatic carbocycles. The number of ether oxygens (including phenoxy) is 1. The molecule has 1 aromatic carbocycles. The van der Waals surface area contributed by atoms with E-state index < -0.39 is 0 Å². The third-order valence-corrected chi connectivity index (χ3v) is 4.05. The Kier molecular flexibility index (Phi) is 3.79. The lowest BCUT2D eigenvalue weighted by molar-refractivity contribution is 0.414. The second kappa shape index (κ2) is 5.32. The fourth-order valence-corrected chi connectivity index (χ4v) is 3.00. The van der Waals surface area contributed by atoms with Gasteiger partial charge in [-0.25, -0.2) is 0 Å². The van der Waals surface area contributed by atoms with Crippen LogP contribution in [0.4, 0.5) is 0 Å². The van der Waals surface area contributed by atoms with E-state index in [1.165, 1.54) is 5.56 Å². The Morgan fingerprint density at radius 2 is 2.25 bits per heavy atom. The highest BCUT2D eigenvalue weighted by molar-refractivity contribution is 8.00. The van der Waals surface area contributed by atoms with Gasteiger partial charge in [0.1, 0.15) is 10.8 Å².